The van der Waals surface area contributed by atoms with Gasteiger partial charge < -0.3 is 10.2 Å². The smallest absolute Gasteiger partial charge is 0.254 e. The zero-order valence-corrected chi connectivity index (χ0v) is 11.2. The second-order valence-electron chi connectivity index (χ2n) is 4.35. The topological polar surface area (TPSA) is 32.3 Å². The van der Waals surface area contributed by atoms with Crippen molar-refractivity contribution in [1.29, 1.82) is 0 Å². The van der Waals surface area contributed by atoms with Crippen molar-refractivity contribution in [3.05, 3.63) is 35.1 Å². The maximum Gasteiger partial charge on any atom is 0.254 e. The zero-order valence-electron chi connectivity index (χ0n) is 10.4. The molecule has 1 N–H and O–H groups in total. The lowest BCUT2D eigenvalue weighted by molar-refractivity contribution is 0.0765. The third-order valence-corrected chi connectivity index (χ3v) is 3.05. The number of hydrogen-bond acceptors (Lipinski definition) is 2. The van der Waals surface area contributed by atoms with Gasteiger partial charge in [0.1, 0.15) is 5.82 Å². The quantitative estimate of drug-likeness (QED) is 0.848. The summed E-state index contributed by atoms with van der Waals surface area (Å²) in [6.07, 6.45) is 0.964. The third kappa shape index (κ3) is 3.43. The molecule has 1 aliphatic heterocycles. The van der Waals surface area contributed by atoms with Crippen LogP contribution in [0, 0.1) is 12.7 Å². The molecule has 0 bridgehead atoms. The standard InChI is InChI=1S/C13H17FN2O.ClH/c1-10-9-11(14)3-4-12(10)13(17)16-7-2-5-15-6-8-16;/h3-4,9,15H,2,5-8H2,1H3;1H. The SMILES string of the molecule is Cc1cc(F)ccc1C(=O)N1CCCNCC1.Cl. The first-order valence-electron chi connectivity index (χ1n) is 5.94. The van der Waals surface area contributed by atoms with Gasteiger partial charge in [-0.1, -0.05) is 0 Å². The van der Waals surface area contributed by atoms with E-state index in [-0.39, 0.29) is 24.1 Å². The summed E-state index contributed by atoms with van der Waals surface area (Å²) >= 11 is 0. The van der Waals surface area contributed by atoms with Gasteiger partial charge >= 0.3 is 0 Å². The van der Waals surface area contributed by atoms with Gasteiger partial charge in [0.15, 0.2) is 0 Å². The summed E-state index contributed by atoms with van der Waals surface area (Å²) in [7, 11) is 0. The molecule has 1 saturated heterocycles. The number of halogens is 2. The number of nitrogens with zero attached hydrogens (tertiary/aromatic N) is 1. The fourth-order valence-electron chi connectivity index (χ4n) is 2.09. The van der Waals surface area contributed by atoms with Crippen LogP contribution in [0.25, 0.3) is 0 Å². The molecule has 1 aliphatic rings. The Bertz CT molecular complexity index is 417. The van der Waals surface area contributed by atoms with E-state index in [1.165, 1.54) is 12.1 Å². The number of benzene rings is 1. The first-order chi connectivity index (χ1) is 8.18. The molecular formula is C13H18ClFN2O. The Labute approximate surface area is 113 Å². The number of carbonyl (C=O) groups is 1. The van der Waals surface area contributed by atoms with Gasteiger partial charge in [0.25, 0.3) is 5.91 Å². The Balaban J connectivity index is 0.00000162. The largest absolute Gasteiger partial charge is 0.337 e. The number of hydrogen-bond donors (Lipinski definition) is 1. The summed E-state index contributed by atoms with van der Waals surface area (Å²) in [5.74, 6) is -0.289. The summed E-state index contributed by atoms with van der Waals surface area (Å²) in [5, 5.41) is 3.25. The van der Waals surface area contributed by atoms with Gasteiger partial charge in [0, 0.05) is 25.2 Å². The molecule has 1 aromatic carbocycles. The van der Waals surface area contributed by atoms with Crippen molar-refractivity contribution in [2.24, 2.45) is 0 Å². The van der Waals surface area contributed by atoms with Gasteiger partial charge in [0.05, 0.1) is 0 Å². The van der Waals surface area contributed by atoms with E-state index in [1.807, 2.05) is 4.90 Å². The minimum absolute atomic E-state index is 0. The first-order valence-corrected chi connectivity index (χ1v) is 5.94. The molecule has 0 unspecified atom stereocenters. The molecule has 1 heterocycles. The van der Waals surface area contributed by atoms with Crippen LogP contribution in [0.3, 0.4) is 0 Å². The Hall–Kier alpha value is -1.13. The van der Waals surface area contributed by atoms with Crippen molar-refractivity contribution in [2.75, 3.05) is 26.2 Å². The van der Waals surface area contributed by atoms with Gasteiger partial charge in [-0.3, -0.25) is 4.79 Å². The monoisotopic (exact) mass is 272 g/mol. The van der Waals surface area contributed by atoms with Gasteiger partial charge in [-0.05, 0) is 43.7 Å². The van der Waals surface area contributed by atoms with E-state index in [9.17, 15) is 9.18 Å². The molecule has 0 radical (unpaired) electrons. The average Bonchev–Trinajstić information content (AvgIpc) is 2.56. The van der Waals surface area contributed by atoms with Gasteiger partial charge in [0.2, 0.25) is 0 Å². The molecule has 5 heteroatoms. The van der Waals surface area contributed by atoms with E-state index in [0.717, 1.165) is 32.6 Å². The van der Waals surface area contributed by atoms with Crippen LogP contribution < -0.4 is 5.32 Å². The highest BCUT2D eigenvalue weighted by Gasteiger charge is 2.18. The molecule has 0 saturated carbocycles. The fraction of sp³-hybridized carbons (Fsp3) is 0.462. The Kier molecular flexibility index (Phi) is 5.56. The van der Waals surface area contributed by atoms with Gasteiger partial charge in [-0.2, -0.15) is 0 Å². The van der Waals surface area contributed by atoms with Crippen molar-refractivity contribution in [3.8, 4) is 0 Å². The second-order valence-corrected chi connectivity index (χ2v) is 4.35. The van der Waals surface area contributed by atoms with Crippen LogP contribution in [-0.2, 0) is 0 Å². The Morgan fingerprint density at radius 1 is 1.33 bits per heavy atom. The molecule has 0 spiro atoms. The third-order valence-electron chi connectivity index (χ3n) is 3.05. The summed E-state index contributed by atoms with van der Waals surface area (Å²) in [6.45, 7) is 5.03. The lowest BCUT2D eigenvalue weighted by Crippen LogP contribution is -2.34. The van der Waals surface area contributed by atoms with E-state index in [0.29, 0.717) is 11.1 Å². The molecule has 2 rings (SSSR count). The lowest BCUT2D eigenvalue weighted by Gasteiger charge is -2.20. The highest BCUT2D eigenvalue weighted by atomic mass is 35.5. The minimum Gasteiger partial charge on any atom is -0.337 e. The van der Waals surface area contributed by atoms with E-state index in [4.69, 9.17) is 0 Å². The normalized spacial score (nSPS) is 15.8. The Morgan fingerprint density at radius 3 is 2.83 bits per heavy atom. The predicted molar refractivity (Wildman–Crippen MR) is 71.8 cm³/mol. The summed E-state index contributed by atoms with van der Waals surface area (Å²) < 4.78 is 13.0. The molecular weight excluding hydrogens is 255 g/mol. The average molecular weight is 273 g/mol. The number of rotatable bonds is 1. The van der Waals surface area contributed by atoms with Crippen LogP contribution in [0.1, 0.15) is 22.3 Å². The molecule has 0 atom stereocenters. The number of amides is 1. The lowest BCUT2D eigenvalue weighted by atomic mass is 10.1. The summed E-state index contributed by atoms with van der Waals surface area (Å²) in [6, 6.07) is 4.32. The van der Waals surface area contributed by atoms with Crippen LogP contribution in [-0.4, -0.2) is 37.0 Å². The van der Waals surface area contributed by atoms with Crippen molar-refractivity contribution in [3.63, 3.8) is 0 Å². The van der Waals surface area contributed by atoms with E-state index in [2.05, 4.69) is 5.32 Å². The zero-order chi connectivity index (χ0) is 12.3. The van der Waals surface area contributed by atoms with E-state index in [1.54, 1.807) is 13.0 Å². The number of aryl methyl sites for hydroxylation is 1. The predicted octanol–water partition coefficient (Wildman–Crippen LogP) is 1.99. The summed E-state index contributed by atoms with van der Waals surface area (Å²) in [5.41, 5.74) is 1.31. The highest BCUT2D eigenvalue weighted by molar-refractivity contribution is 5.95. The van der Waals surface area contributed by atoms with Crippen molar-refractivity contribution < 1.29 is 9.18 Å². The maximum atomic E-state index is 13.0. The van der Waals surface area contributed by atoms with Gasteiger partial charge in [-0.15, -0.1) is 12.4 Å². The van der Waals surface area contributed by atoms with Crippen molar-refractivity contribution >= 4 is 18.3 Å². The molecule has 18 heavy (non-hydrogen) atoms. The molecule has 1 aromatic rings. The fourth-order valence-corrected chi connectivity index (χ4v) is 2.09. The highest BCUT2D eigenvalue weighted by Crippen LogP contribution is 2.13. The first kappa shape index (κ1) is 14.9. The molecule has 3 nitrogen and oxygen atoms in total. The second kappa shape index (κ2) is 6.71. The molecule has 1 fully saturated rings. The van der Waals surface area contributed by atoms with Crippen LogP contribution in [0.2, 0.25) is 0 Å². The van der Waals surface area contributed by atoms with Crippen molar-refractivity contribution in [2.45, 2.75) is 13.3 Å². The van der Waals surface area contributed by atoms with E-state index < -0.39 is 0 Å². The Morgan fingerprint density at radius 2 is 2.11 bits per heavy atom. The van der Waals surface area contributed by atoms with Crippen LogP contribution in [0.15, 0.2) is 18.2 Å². The molecule has 1 amide bonds. The number of carbonyl (C=O) groups excluding carboxylic acids is 1. The minimum atomic E-state index is -0.295. The van der Waals surface area contributed by atoms with Gasteiger partial charge in [-0.25, -0.2) is 4.39 Å². The molecule has 0 aromatic heterocycles. The van der Waals surface area contributed by atoms with Crippen molar-refractivity contribution in [1.82, 2.24) is 10.2 Å². The van der Waals surface area contributed by atoms with Crippen LogP contribution >= 0.6 is 12.4 Å². The number of nitrogens with one attached hydrogen (secondary N) is 1. The van der Waals surface area contributed by atoms with E-state index >= 15 is 0 Å². The maximum absolute atomic E-state index is 13.0. The molecule has 0 aliphatic carbocycles. The van der Waals surface area contributed by atoms with Crippen LogP contribution in [0.4, 0.5) is 4.39 Å². The molecule has 100 valence electrons. The van der Waals surface area contributed by atoms with Crippen LogP contribution in [0.5, 0.6) is 0 Å². The summed E-state index contributed by atoms with van der Waals surface area (Å²) in [4.78, 5) is 14.1.